The molecule has 3 aromatic rings. The second-order valence-electron chi connectivity index (χ2n) is 7.60. The molecule has 0 aliphatic carbocycles. The highest BCUT2D eigenvalue weighted by Crippen LogP contribution is 2.25. The molecular weight excluding hydrogens is 380 g/mol. The molecule has 1 saturated heterocycles. The molecular formula is C23H28N4O3. The minimum absolute atomic E-state index is 0.0629. The average molecular weight is 409 g/mol. The van der Waals surface area contributed by atoms with Crippen LogP contribution < -0.4 is 10.1 Å². The van der Waals surface area contributed by atoms with Crippen molar-refractivity contribution in [1.82, 2.24) is 15.1 Å². The summed E-state index contributed by atoms with van der Waals surface area (Å²) < 4.78 is 10.5. The Morgan fingerprint density at radius 1 is 1.30 bits per heavy atom. The number of rotatable bonds is 8. The number of carbonyl (C=O) groups is 1. The number of piperidine rings is 1. The molecule has 1 aromatic heterocycles. The van der Waals surface area contributed by atoms with Crippen LogP contribution in [0.4, 0.5) is 5.69 Å². The second-order valence-corrected chi connectivity index (χ2v) is 7.60. The number of aromatic nitrogens is 2. The Hall–Kier alpha value is -3.06. The van der Waals surface area contributed by atoms with E-state index in [2.05, 4.69) is 32.5 Å². The Bertz CT molecular complexity index is 987. The molecule has 0 spiro atoms. The van der Waals surface area contributed by atoms with E-state index in [4.69, 9.17) is 9.47 Å². The van der Waals surface area contributed by atoms with E-state index in [0.717, 1.165) is 49.1 Å². The molecule has 4 rings (SSSR count). The molecule has 1 unspecified atom stereocenters. The largest absolute Gasteiger partial charge is 0.482 e. The van der Waals surface area contributed by atoms with Crippen molar-refractivity contribution in [3.63, 3.8) is 0 Å². The molecule has 2 heterocycles. The molecule has 2 N–H and O–H groups in total. The van der Waals surface area contributed by atoms with E-state index in [0.29, 0.717) is 18.4 Å². The van der Waals surface area contributed by atoms with E-state index in [1.54, 1.807) is 6.92 Å². The predicted octanol–water partition coefficient (Wildman–Crippen LogP) is 3.58. The van der Waals surface area contributed by atoms with Crippen LogP contribution in [0.15, 0.2) is 48.7 Å². The normalized spacial score (nSPS) is 17.0. The van der Waals surface area contributed by atoms with E-state index in [-0.39, 0.29) is 12.6 Å². The zero-order valence-electron chi connectivity index (χ0n) is 17.3. The monoisotopic (exact) mass is 408 g/mol. The van der Waals surface area contributed by atoms with Gasteiger partial charge in [-0.25, -0.2) is 4.79 Å². The fourth-order valence-corrected chi connectivity index (χ4v) is 3.97. The van der Waals surface area contributed by atoms with Crippen LogP contribution >= 0.6 is 0 Å². The van der Waals surface area contributed by atoms with Crippen LogP contribution in [0.3, 0.4) is 0 Å². The Labute approximate surface area is 176 Å². The van der Waals surface area contributed by atoms with Crippen LogP contribution in [-0.4, -0.2) is 53.4 Å². The number of H-pyrrole nitrogens is 1. The van der Waals surface area contributed by atoms with Crippen molar-refractivity contribution in [2.75, 3.05) is 31.6 Å². The van der Waals surface area contributed by atoms with Gasteiger partial charge in [-0.05, 0) is 56.1 Å². The van der Waals surface area contributed by atoms with Crippen molar-refractivity contribution < 1.29 is 14.3 Å². The van der Waals surface area contributed by atoms with Crippen LogP contribution in [0.2, 0.25) is 0 Å². The first-order chi connectivity index (χ1) is 14.7. The molecule has 158 valence electrons. The molecule has 0 bridgehead atoms. The van der Waals surface area contributed by atoms with Crippen molar-refractivity contribution in [3.8, 4) is 5.75 Å². The van der Waals surface area contributed by atoms with Crippen LogP contribution in [0.5, 0.6) is 5.75 Å². The first-order valence-electron chi connectivity index (χ1n) is 10.5. The van der Waals surface area contributed by atoms with Gasteiger partial charge in [0.05, 0.1) is 18.3 Å². The highest BCUT2D eigenvalue weighted by atomic mass is 16.6. The Balaban J connectivity index is 1.34. The molecule has 0 saturated carbocycles. The quantitative estimate of drug-likeness (QED) is 0.555. The number of nitrogens with one attached hydrogen (secondary N) is 2. The zero-order valence-corrected chi connectivity index (χ0v) is 17.3. The summed E-state index contributed by atoms with van der Waals surface area (Å²) in [7, 11) is 0. The molecule has 1 aliphatic rings. The van der Waals surface area contributed by atoms with Crippen molar-refractivity contribution in [1.29, 1.82) is 0 Å². The van der Waals surface area contributed by atoms with Gasteiger partial charge >= 0.3 is 5.97 Å². The summed E-state index contributed by atoms with van der Waals surface area (Å²) in [4.78, 5) is 14.0. The number of nitrogens with zero attached hydrogens (tertiary/aromatic N) is 2. The van der Waals surface area contributed by atoms with Gasteiger partial charge in [-0.15, -0.1) is 0 Å². The molecule has 7 nitrogen and oxygen atoms in total. The topological polar surface area (TPSA) is 79.5 Å². The lowest BCUT2D eigenvalue weighted by atomic mass is 10.0. The molecule has 1 atom stereocenters. The van der Waals surface area contributed by atoms with E-state index >= 15 is 0 Å². The number of esters is 1. The SMILES string of the molecule is CCOC(=O)COc1cccc(CN2CCCC(Nc3cccc4[nH]ncc34)C2)c1. The molecule has 30 heavy (non-hydrogen) atoms. The lowest BCUT2D eigenvalue weighted by Gasteiger charge is -2.34. The summed E-state index contributed by atoms with van der Waals surface area (Å²) in [6.07, 6.45) is 4.17. The van der Waals surface area contributed by atoms with Crippen molar-refractivity contribution in [3.05, 3.63) is 54.2 Å². The van der Waals surface area contributed by atoms with Gasteiger partial charge in [-0.1, -0.05) is 18.2 Å². The van der Waals surface area contributed by atoms with Crippen LogP contribution in [-0.2, 0) is 16.1 Å². The molecule has 7 heteroatoms. The van der Waals surface area contributed by atoms with Crippen molar-refractivity contribution in [2.45, 2.75) is 32.4 Å². The Morgan fingerprint density at radius 2 is 2.20 bits per heavy atom. The van der Waals surface area contributed by atoms with Crippen molar-refractivity contribution >= 4 is 22.6 Å². The van der Waals surface area contributed by atoms with Gasteiger partial charge in [0, 0.05) is 30.2 Å². The predicted molar refractivity (Wildman–Crippen MR) is 117 cm³/mol. The minimum atomic E-state index is -0.347. The second kappa shape index (κ2) is 9.63. The number of hydrogen-bond acceptors (Lipinski definition) is 6. The van der Waals surface area contributed by atoms with E-state index in [1.165, 1.54) is 5.56 Å². The van der Waals surface area contributed by atoms with Crippen LogP contribution in [0.25, 0.3) is 10.9 Å². The number of fused-ring (bicyclic) bond motifs is 1. The third-order valence-electron chi connectivity index (χ3n) is 5.32. The van der Waals surface area contributed by atoms with Crippen LogP contribution in [0.1, 0.15) is 25.3 Å². The fraction of sp³-hybridized carbons (Fsp3) is 0.391. The highest BCUT2D eigenvalue weighted by Gasteiger charge is 2.20. The standard InChI is InChI=1S/C23H28N4O3/c1-2-29-23(28)16-30-19-8-3-6-17(12-19)14-27-11-5-7-18(15-27)25-21-9-4-10-22-20(21)13-24-26-22/h3-4,6,8-10,12-13,18,25H,2,5,7,11,14-16H2,1H3,(H,24,26). The number of hydrogen-bond donors (Lipinski definition) is 2. The van der Waals surface area contributed by atoms with E-state index < -0.39 is 0 Å². The zero-order chi connectivity index (χ0) is 20.8. The fourth-order valence-electron chi connectivity index (χ4n) is 3.97. The van der Waals surface area contributed by atoms with Crippen molar-refractivity contribution in [2.24, 2.45) is 0 Å². The lowest BCUT2D eigenvalue weighted by molar-refractivity contribution is -0.145. The van der Waals surface area contributed by atoms with E-state index in [9.17, 15) is 4.79 Å². The molecule has 1 fully saturated rings. The molecule has 1 aliphatic heterocycles. The highest BCUT2D eigenvalue weighted by molar-refractivity contribution is 5.90. The summed E-state index contributed by atoms with van der Waals surface area (Å²) >= 11 is 0. The summed E-state index contributed by atoms with van der Waals surface area (Å²) in [6, 6.07) is 14.5. The number of benzene rings is 2. The molecule has 0 amide bonds. The van der Waals surface area contributed by atoms with Gasteiger partial charge in [0.2, 0.25) is 0 Å². The third-order valence-corrected chi connectivity index (χ3v) is 5.32. The van der Waals surface area contributed by atoms with Gasteiger partial charge in [-0.3, -0.25) is 10.00 Å². The number of ether oxygens (including phenoxy) is 2. The molecule has 2 aromatic carbocycles. The van der Waals surface area contributed by atoms with Gasteiger partial charge in [-0.2, -0.15) is 5.10 Å². The van der Waals surface area contributed by atoms with E-state index in [1.807, 2.05) is 36.5 Å². The Kier molecular flexibility index (Phi) is 6.49. The first-order valence-corrected chi connectivity index (χ1v) is 10.5. The van der Waals surface area contributed by atoms with Gasteiger partial charge < -0.3 is 14.8 Å². The average Bonchev–Trinajstić information content (AvgIpc) is 3.23. The smallest absolute Gasteiger partial charge is 0.344 e. The number of anilines is 1. The van der Waals surface area contributed by atoms with Crippen LogP contribution in [0, 0.1) is 0 Å². The number of likely N-dealkylation sites (tertiary alicyclic amines) is 1. The first kappa shape index (κ1) is 20.2. The van der Waals surface area contributed by atoms with Gasteiger partial charge in [0.15, 0.2) is 6.61 Å². The maximum atomic E-state index is 11.5. The summed E-state index contributed by atoms with van der Waals surface area (Å²) in [5, 5.41) is 12.0. The lowest BCUT2D eigenvalue weighted by Crippen LogP contribution is -2.41. The van der Waals surface area contributed by atoms with Gasteiger partial charge in [0.25, 0.3) is 0 Å². The number of carbonyl (C=O) groups excluding carboxylic acids is 1. The summed E-state index contributed by atoms with van der Waals surface area (Å²) in [6.45, 7) is 4.98. The maximum Gasteiger partial charge on any atom is 0.344 e. The molecule has 0 radical (unpaired) electrons. The Morgan fingerprint density at radius 3 is 3.10 bits per heavy atom. The summed E-state index contributed by atoms with van der Waals surface area (Å²) in [5.41, 5.74) is 3.35. The maximum absolute atomic E-state index is 11.5. The third kappa shape index (κ3) is 5.10. The van der Waals surface area contributed by atoms with Gasteiger partial charge in [0.1, 0.15) is 5.75 Å². The number of aromatic amines is 1. The summed E-state index contributed by atoms with van der Waals surface area (Å²) in [5.74, 6) is 0.347. The minimum Gasteiger partial charge on any atom is -0.482 e.